The predicted molar refractivity (Wildman–Crippen MR) is 87.0 cm³/mol. The number of carbonyl (C=O) groups is 1. The number of rotatable bonds is 3. The van der Waals surface area contributed by atoms with Crippen molar-refractivity contribution in [1.82, 2.24) is 14.9 Å². The van der Waals surface area contributed by atoms with E-state index in [1.165, 1.54) is 44.9 Å². The summed E-state index contributed by atoms with van der Waals surface area (Å²) < 4.78 is 0. The van der Waals surface area contributed by atoms with E-state index in [1.807, 2.05) is 0 Å². The van der Waals surface area contributed by atoms with E-state index in [1.54, 1.807) is 6.07 Å². The van der Waals surface area contributed by atoms with Crippen LogP contribution in [-0.4, -0.2) is 32.9 Å². The highest BCUT2D eigenvalue weighted by atomic mass is 35.5. The van der Waals surface area contributed by atoms with Crippen LogP contribution in [0.15, 0.2) is 12.4 Å². The van der Waals surface area contributed by atoms with Crippen molar-refractivity contribution >= 4 is 17.5 Å². The van der Waals surface area contributed by atoms with Crippen LogP contribution < -0.4 is 0 Å². The largest absolute Gasteiger partial charge is 0.331 e. The molecule has 2 aliphatic rings. The van der Waals surface area contributed by atoms with Gasteiger partial charge in [0.05, 0.1) is 0 Å². The number of aromatic nitrogens is 2. The van der Waals surface area contributed by atoms with E-state index in [-0.39, 0.29) is 5.91 Å². The standard InChI is InChI=1S/C17H24ClN3O/c18-16-11-15(19-12-20-16)17(22)21(13-7-3-1-4-8-13)14-9-5-2-6-10-14/h11-14H,1-10H2. The Balaban J connectivity index is 1.84. The summed E-state index contributed by atoms with van der Waals surface area (Å²) in [6.45, 7) is 0. The van der Waals surface area contributed by atoms with Gasteiger partial charge in [0.25, 0.3) is 5.91 Å². The molecule has 0 atom stereocenters. The van der Waals surface area contributed by atoms with E-state index in [2.05, 4.69) is 14.9 Å². The lowest BCUT2D eigenvalue weighted by molar-refractivity contribution is 0.0442. The summed E-state index contributed by atoms with van der Waals surface area (Å²) >= 11 is 5.94. The number of halogens is 1. The molecule has 1 amide bonds. The fraction of sp³-hybridized carbons (Fsp3) is 0.706. The summed E-state index contributed by atoms with van der Waals surface area (Å²) in [6.07, 6.45) is 13.4. The summed E-state index contributed by atoms with van der Waals surface area (Å²) in [5.74, 6) is 0.0445. The minimum atomic E-state index is 0.0445. The second-order valence-corrected chi connectivity index (χ2v) is 6.91. The maximum atomic E-state index is 13.1. The first kappa shape index (κ1) is 15.7. The van der Waals surface area contributed by atoms with Gasteiger partial charge in [-0.1, -0.05) is 50.1 Å². The SMILES string of the molecule is O=C(c1cc(Cl)ncn1)N(C1CCCCC1)C1CCCCC1. The zero-order valence-corrected chi connectivity index (χ0v) is 13.8. The van der Waals surface area contributed by atoms with E-state index < -0.39 is 0 Å². The first-order chi connectivity index (χ1) is 10.8. The summed E-state index contributed by atoms with van der Waals surface area (Å²) in [5.41, 5.74) is 0.441. The highest BCUT2D eigenvalue weighted by Crippen LogP contribution is 2.31. The summed E-state index contributed by atoms with van der Waals surface area (Å²) in [4.78, 5) is 23.3. The molecule has 3 rings (SSSR count). The van der Waals surface area contributed by atoms with Crippen molar-refractivity contribution in [1.29, 1.82) is 0 Å². The first-order valence-electron chi connectivity index (χ1n) is 8.56. The molecular weight excluding hydrogens is 298 g/mol. The van der Waals surface area contributed by atoms with Crippen molar-refractivity contribution in [2.45, 2.75) is 76.3 Å². The number of hydrogen-bond acceptors (Lipinski definition) is 3. The van der Waals surface area contributed by atoms with Crippen molar-refractivity contribution in [3.8, 4) is 0 Å². The molecule has 0 radical (unpaired) electrons. The topological polar surface area (TPSA) is 46.1 Å². The summed E-state index contributed by atoms with van der Waals surface area (Å²) in [5, 5.41) is 0.339. The Morgan fingerprint density at radius 1 is 0.955 bits per heavy atom. The quantitative estimate of drug-likeness (QED) is 0.782. The van der Waals surface area contributed by atoms with Crippen LogP contribution in [0.1, 0.15) is 74.7 Å². The number of hydrogen-bond donors (Lipinski definition) is 0. The van der Waals surface area contributed by atoms with Gasteiger partial charge < -0.3 is 4.90 Å². The Labute approximate surface area is 137 Å². The van der Waals surface area contributed by atoms with Crippen LogP contribution >= 0.6 is 11.6 Å². The lowest BCUT2D eigenvalue weighted by Crippen LogP contribution is -2.49. The van der Waals surface area contributed by atoms with Crippen LogP contribution in [0.25, 0.3) is 0 Å². The molecule has 0 spiro atoms. The minimum Gasteiger partial charge on any atom is -0.331 e. The van der Waals surface area contributed by atoms with Crippen molar-refractivity contribution in [2.75, 3.05) is 0 Å². The van der Waals surface area contributed by atoms with Gasteiger partial charge in [-0.25, -0.2) is 9.97 Å². The average molecular weight is 322 g/mol. The van der Waals surface area contributed by atoms with Gasteiger partial charge in [0, 0.05) is 18.2 Å². The fourth-order valence-corrected chi connectivity index (χ4v) is 4.08. The molecule has 0 aliphatic heterocycles. The first-order valence-corrected chi connectivity index (χ1v) is 8.94. The van der Waals surface area contributed by atoms with Gasteiger partial charge in [-0.15, -0.1) is 0 Å². The molecule has 4 nitrogen and oxygen atoms in total. The lowest BCUT2D eigenvalue weighted by Gasteiger charge is -2.41. The molecule has 5 heteroatoms. The zero-order valence-electron chi connectivity index (χ0n) is 13.0. The van der Waals surface area contributed by atoms with Crippen molar-refractivity contribution in [2.24, 2.45) is 0 Å². The Kier molecular flexibility index (Phi) is 5.29. The molecule has 0 aromatic carbocycles. The van der Waals surface area contributed by atoms with Crippen molar-refractivity contribution < 1.29 is 4.79 Å². The molecule has 2 saturated carbocycles. The smallest absolute Gasteiger partial charge is 0.273 e. The minimum absolute atomic E-state index is 0.0445. The van der Waals surface area contributed by atoms with Gasteiger partial charge in [0.1, 0.15) is 17.2 Å². The Morgan fingerprint density at radius 3 is 2.00 bits per heavy atom. The molecule has 22 heavy (non-hydrogen) atoms. The van der Waals surface area contributed by atoms with Crippen LogP contribution in [0.2, 0.25) is 5.15 Å². The van der Waals surface area contributed by atoms with Crippen LogP contribution in [0.3, 0.4) is 0 Å². The van der Waals surface area contributed by atoms with Crippen molar-refractivity contribution in [3.05, 3.63) is 23.2 Å². The van der Waals surface area contributed by atoms with Crippen LogP contribution in [0.4, 0.5) is 0 Å². The molecule has 2 aliphatic carbocycles. The number of carbonyl (C=O) groups excluding carboxylic acids is 1. The monoisotopic (exact) mass is 321 g/mol. The molecule has 120 valence electrons. The number of nitrogens with zero attached hydrogens (tertiary/aromatic N) is 3. The van der Waals surface area contributed by atoms with Crippen molar-refractivity contribution in [3.63, 3.8) is 0 Å². The molecule has 0 N–H and O–H groups in total. The Hall–Kier alpha value is -1.16. The van der Waals surface area contributed by atoms with Gasteiger partial charge in [-0.3, -0.25) is 4.79 Å². The second-order valence-electron chi connectivity index (χ2n) is 6.52. The third kappa shape index (κ3) is 3.60. The van der Waals surface area contributed by atoms with Crippen LogP contribution in [0, 0.1) is 0 Å². The fourth-order valence-electron chi connectivity index (χ4n) is 3.93. The molecule has 1 heterocycles. The molecule has 0 saturated heterocycles. The molecule has 1 aromatic rings. The maximum absolute atomic E-state index is 13.1. The van der Waals surface area contributed by atoms with Gasteiger partial charge in [0.2, 0.25) is 0 Å². The average Bonchev–Trinajstić information content (AvgIpc) is 2.57. The zero-order chi connectivity index (χ0) is 15.4. The van der Waals surface area contributed by atoms with Gasteiger partial charge >= 0.3 is 0 Å². The Bertz CT molecular complexity index is 492. The lowest BCUT2D eigenvalue weighted by atomic mass is 9.88. The highest BCUT2D eigenvalue weighted by molar-refractivity contribution is 6.29. The molecule has 0 unspecified atom stereocenters. The van der Waals surface area contributed by atoms with E-state index in [0.29, 0.717) is 22.9 Å². The van der Waals surface area contributed by atoms with E-state index >= 15 is 0 Å². The van der Waals surface area contributed by atoms with Gasteiger partial charge in [-0.05, 0) is 25.7 Å². The third-order valence-electron chi connectivity index (χ3n) is 5.02. The molecule has 1 aromatic heterocycles. The van der Waals surface area contributed by atoms with E-state index in [4.69, 9.17) is 11.6 Å². The highest BCUT2D eigenvalue weighted by Gasteiger charge is 2.33. The number of amides is 1. The molecular formula is C17H24ClN3O. The van der Waals surface area contributed by atoms with Crippen LogP contribution in [0.5, 0.6) is 0 Å². The molecule has 2 fully saturated rings. The summed E-state index contributed by atoms with van der Waals surface area (Å²) in [7, 11) is 0. The van der Waals surface area contributed by atoms with Gasteiger partial charge in [-0.2, -0.15) is 0 Å². The second kappa shape index (κ2) is 7.40. The van der Waals surface area contributed by atoms with Gasteiger partial charge in [0.15, 0.2) is 0 Å². The van der Waals surface area contributed by atoms with E-state index in [0.717, 1.165) is 25.7 Å². The maximum Gasteiger partial charge on any atom is 0.273 e. The molecule has 0 bridgehead atoms. The third-order valence-corrected chi connectivity index (χ3v) is 5.23. The Morgan fingerprint density at radius 2 is 1.50 bits per heavy atom. The predicted octanol–water partition coefficient (Wildman–Crippen LogP) is 4.24. The normalized spacial score (nSPS) is 20.8. The van der Waals surface area contributed by atoms with Crippen LogP contribution in [-0.2, 0) is 0 Å². The summed E-state index contributed by atoms with van der Waals surface area (Å²) in [6, 6.07) is 2.35. The van der Waals surface area contributed by atoms with E-state index in [9.17, 15) is 4.79 Å².